The largest absolute Gasteiger partial charge is 0.466 e. The number of carbonyl (C=O) groups excluding carboxylic acids is 4. The van der Waals surface area contributed by atoms with Crippen molar-refractivity contribution in [3.63, 3.8) is 0 Å². The van der Waals surface area contributed by atoms with Gasteiger partial charge >= 0.3 is 18.2 Å². The summed E-state index contributed by atoms with van der Waals surface area (Å²) in [5, 5.41) is 14.1. The zero-order valence-electron chi connectivity index (χ0n) is 24.4. The summed E-state index contributed by atoms with van der Waals surface area (Å²) < 4.78 is 21.7. The number of imide groups is 1. The van der Waals surface area contributed by atoms with E-state index in [2.05, 4.69) is 5.32 Å². The lowest BCUT2D eigenvalue weighted by Crippen LogP contribution is -2.57. The second-order valence-electron chi connectivity index (χ2n) is 10.7. The molecular formula is C29H44N2O9. The van der Waals surface area contributed by atoms with Crippen LogP contribution in [0, 0.1) is 0 Å². The molecular weight excluding hydrogens is 520 g/mol. The van der Waals surface area contributed by atoms with E-state index in [-0.39, 0.29) is 26.1 Å². The zero-order chi connectivity index (χ0) is 29.9. The number of alkyl carbamates (subject to hydrolysis) is 1. The normalized spacial score (nSPS) is 17.6. The van der Waals surface area contributed by atoms with Gasteiger partial charge in [0, 0.05) is 6.42 Å². The molecule has 11 heteroatoms. The summed E-state index contributed by atoms with van der Waals surface area (Å²) in [6.45, 7) is 10.6. The van der Waals surface area contributed by atoms with Gasteiger partial charge in [0.15, 0.2) is 6.10 Å². The highest BCUT2D eigenvalue weighted by molar-refractivity contribution is 5.96. The third-order valence-corrected chi connectivity index (χ3v) is 6.40. The fourth-order valence-corrected chi connectivity index (χ4v) is 4.38. The minimum atomic E-state index is -1.62. The van der Waals surface area contributed by atoms with Crippen molar-refractivity contribution in [3.8, 4) is 0 Å². The third kappa shape index (κ3) is 10.1. The van der Waals surface area contributed by atoms with E-state index in [1.165, 1.54) is 0 Å². The van der Waals surface area contributed by atoms with Crippen LogP contribution in [0.1, 0.15) is 72.8 Å². The number of benzene rings is 1. The lowest BCUT2D eigenvalue weighted by atomic mass is 9.98. The quantitative estimate of drug-likeness (QED) is 0.255. The molecule has 0 aliphatic carbocycles. The molecule has 2 N–H and O–H groups in total. The number of ether oxygens (including phenoxy) is 4. The van der Waals surface area contributed by atoms with Crippen molar-refractivity contribution in [2.75, 3.05) is 13.2 Å². The number of amides is 3. The molecule has 1 saturated heterocycles. The molecule has 1 fully saturated rings. The van der Waals surface area contributed by atoms with Crippen molar-refractivity contribution in [3.05, 3.63) is 35.9 Å². The van der Waals surface area contributed by atoms with Gasteiger partial charge in [-0.3, -0.25) is 9.59 Å². The Morgan fingerprint density at radius 2 is 1.77 bits per heavy atom. The topological polar surface area (TPSA) is 141 Å². The molecule has 0 unspecified atom stereocenters. The molecule has 4 atom stereocenters. The number of nitrogens with one attached hydrogen (secondary N) is 1. The monoisotopic (exact) mass is 564 g/mol. The van der Waals surface area contributed by atoms with Crippen LogP contribution in [-0.2, 0) is 35.0 Å². The van der Waals surface area contributed by atoms with Gasteiger partial charge in [-0.2, -0.15) is 0 Å². The van der Waals surface area contributed by atoms with Gasteiger partial charge < -0.3 is 29.4 Å². The summed E-state index contributed by atoms with van der Waals surface area (Å²) in [6.07, 6.45) is -4.01. The predicted octanol–water partition coefficient (Wildman–Crippen LogP) is 3.75. The maximum atomic E-state index is 13.9. The average molecular weight is 565 g/mol. The molecule has 1 aromatic carbocycles. The third-order valence-electron chi connectivity index (χ3n) is 6.40. The molecule has 0 radical (unpaired) electrons. The van der Waals surface area contributed by atoms with Crippen LogP contribution < -0.4 is 5.32 Å². The van der Waals surface area contributed by atoms with Crippen LogP contribution >= 0.6 is 0 Å². The van der Waals surface area contributed by atoms with Crippen LogP contribution in [0.15, 0.2) is 30.3 Å². The minimum absolute atomic E-state index is 0.00425. The Bertz CT molecular complexity index is 975. The van der Waals surface area contributed by atoms with E-state index >= 15 is 0 Å². The summed E-state index contributed by atoms with van der Waals surface area (Å²) in [7, 11) is 0. The standard InChI is InChI=1S/C29H44N2O9/c1-7-21(8-2)39-25(26(34)31-20(18-38-28(31)36)17-19-13-11-10-12-14-19)24(33)22(15-16-23(32)37-9-3)30-27(35)40-29(4,5)6/h10-14,20-22,24-25,33H,7-9,15-18H2,1-6H3,(H,30,35)/t20-,22-,24+,25-/m0/s1. The Morgan fingerprint density at radius 3 is 2.35 bits per heavy atom. The lowest BCUT2D eigenvalue weighted by molar-refractivity contribution is -0.158. The van der Waals surface area contributed by atoms with Crippen molar-refractivity contribution in [1.82, 2.24) is 10.2 Å². The van der Waals surface area contributed by atoms with Crippen LogP contribution in [0.4, 0.5) is 9.59 Å². The Balaban J connectivity index is 2.38. The Morgan fingerprint density at radius 1 is 1.12 bits per heavy atom. The van der Waals surface area contributed by atoms with E-state index < -0.39 is 60.1 Å². The molecule has 1 aliphatic rings. The number of carbonyl (C=O) groups is 4. The molecule has 2 rings (SSSR count). The van der Waals surface area contributed by atoms with Gasteiger partial charge in [-0.05, 0) is 58.9 Å². The van der Waals surface area contributed by atoms with E-state index in [9.17, 15) is 24.3 Å². The number of nitrogens with zero attached hydrogens (tertiary/aromatic N) is 1. The van der Waals surface area contributed by atoms with Crippen LogP contribution in [-0.4, -0.2) is 83.3 Å². The molecule has 0 aromatic heterocycles. The summed E-state index contributed by atoms with van der Waals surface area (Å²) in [5.41, 5.74) is 0.0758. The van der Waals surface area contributed by atoms with Crippen LogP contribution in [0.5, 0.6) is 0 Å². The van der Waals surface area contributed by atoms with E-state index in [4.69, 9.17) is 18.9 Å². The van der Waals surface area contributed by atoms with Gasteiger partial charge in [0.2, 0.25) is 0 Å². The number of aliphatic hydroxyl groups excluding tert-OH is 1. The highest BCUT2D eigenvalue weighted by atomic mass is 16.6. The Hall–Kier alpha value is -3.18. The van der Waals surface area contributed by atoms with Gasteiger partial charge in [-0.1, -0.05) is 44.2 Å². The number of esters is 1. The van der Waals surface area contributed by atoms with Gasteiger partial charge in [-0.25, -0.2) is 14.5 Å². The van der Waals surface area contributed by atoms with Crippen molar-refractivity contribution in [2.24, 2.45) is 0 Å². The number of aliphatic hydroxyl groups is 1. The fourth-order valence-electron chi connectivity index (χ4n) is 4.38. The first kappa shape index (κ1) is 33.0. The molecule has 1 heterocycles. The molecule has 0 spiro atoms. The van der Waals surface area contributed by atoms with Crippen LogP contribution in [0.2, 0.25) is 0 Å². The van der Waals surface area contributed by atoms with Gasteiger partial charge in [0.25, 0.3) is 5.91 Å². The number of hydrogen-bond acceptors (Lipinski definition) is 9. The molecule has 3 amide bonds. The lowest BCUT2D eigenvalue weighted by Gasteiger charge is -2.34. The highest BCUT2D eigenvalue weighted by Gasteiger charge is 2.46. The molecule has 1 aromatic rings. The van der Waals surface area contributed by atoms with E-state index in [0.29, 0.717) is 19.3 Å². The van der Waals surface area contributed by atoms with Crippen molar-refractivity contribution >= 4 is 24.1 Å². The summed E-state index contributed by atoms with van der Waals surface area (Å²) >= 11 is 0. The Labute approximate surface area is 236 Å². The maximum Gasteiger partial charge on any atom is 0.417 e. The Kier molecular flexibility index (Phi) is 12.9. The van der Waals surface area contributed by atoms with Crippen LogP contribution in [0.3, 0.4) is 0 Å². The predicted molar refractivity (Wildman–Crippen MR) is 146 cm³/mol. The van der Waals surface area contributed by atoms with Gasteiger partial charge in [0.1, 0.15) is 18.3 Å². The van der Waals surface area contributed by atoms with Gasteiger partial charge in [0.05, 0.1) is 24.8 Å². The summed E-state index contributed by atoms with van der Waals surface area (Å²) in [4.78, 5) is 52.4. The average Bonchev–Trinajstić information content (AvgIpc) is 3.25. The van der Waals surface area contributed by atoms with Crippen molar-refractivity contribution in [1.29, 1.82) is 0 Å². The molecule has 0 bridgehead atoms. The molecule has 40 heavy (non-hydrogen) atoms. The molecule has 11 nitrogen and oxygen atoms in total. The summed E-state index contributed by atoms with van der Waals surface area (Å²) in [6, 6.07) is 7.61. The SMILES string of the molecule is CCOC(=O)CC[C@H](NC(=O)OC(C)(C)C)[C@@H](O)[C@H](OC(CC)CC)C(=O)N1C(=O)OC[C@@H]1Cc1ccccc1. The number of rotatable bonds is 14. The first-order chi connectivity index (χ1) is 18.9. The van der Waals surface area contributed by atoms with Crippen molar-refractivity contribution < 1.29 is 43.2 Å². The second kappa shape index (κ2) is 15.6. The smallest absolute Gasteiger partial charge is 0.417 e. The highest BCUT2D eigenvalue weighted by Crippen LogP contribution is 2.24. The molecule has 0 saturated carbocycles. The van der Waals surface area contributed by atoms with E-state index in [0.717, 1.165) is 10.5 Å². The van der Waals surface area contributed by atoms with Gasteiger partial charge in [-0.15, -0.1) is 0 Å². The molecule has 224 valence electrons. The van der Waals surface area contributed by atoms with Crippen LogP contribution in [0.25, 0.3) is 0 Å². The number of hydrogen-bond donors (Lipinski definition) is 2. The second-order valence-corrected chi connectivity index (χ2v) is 10.7. The first-order valence-corrected chi connectivity index (χ1v) is 13.9. The van der Waals surface area contributed by atoms with E-state index in [1.807, 2.05) is 44.2 Å². The van der Waals surface area contributed by atoms with E-state index in [1.54, 1.807) is 27.7 Å². The van der Waals surface area contributed by atoms with Crippen molar-refractivity contribution in [2.45, 2.75) is 110 Å². The number of cyclic esters (lactones) is 1. The first-order valence-electron chi connectivity index (χ1n) is 13.9. The zero-order valence-corrected chi connectivity index (χ0v) is 24.4. The minimum Gasteiger partial charge on any atom is -0.466 e. The summed E-state index contributed by atoms with van der Waals surface area (Å²) in [5.74, 6) is -1.31. The maximum absolute atomic E-state index is 13.9. The molecule has 1 aliphatic heterocycles. The fraction of sp³-hybridized carbons (Fsp3) is 0.655.